The molecule has 0 heterocycles. The summed E-state index contributed by atoms with van der Waals surface area (Å²) in [7, 11) is 2.70. The van der Waals surface area contributed by atoms with Crippen LogP contribution in [0.25, 0.3) is 0 Å². The Morgan fingerprint density at radius 3 is 1.61 bits per heavy atom. The van der Waals surface area contributed by atoms with Crippen molar-refractivity contribution in [3.63, 3.8) is 0 Å². The summed E-state index contributed by atoms with van der Waals surface area (Å²) in [5, 5.41) is 18.8. The van der Waals surface area contributed by atoms with Crippen molar-refractivity contribution < 1.29 is 149 Å². The summed E-state index contributed by atoms with van der Waals surface area (Å²) in [5.74, 6) is 0.315. The van der Waals surface area contributed by atoms with Crippen molar-refractivity contribution in [2.45, 2.75) is 19.4 Å². The molecule has 0 aliphatic carbocycles. The quantitative estimate of drug-likeness (QED) is 0.0741. The number of alkyl halides is 1. The minimum absolute atomic E-state index is 0. The van der Waals surface area contributed by atoms with Gasteiger partial charge in [0, 0.05) is 22.4 Å². The number of ether oxygens (including phenoxy) is 3. The van der Waals surface area contributed by atoms with Gasteiger partial charge in [0.15, 0.2) is 0 Å². The maximum atomic E-state index is 11.6. The van der Waals surface area contributed by atoms with Gasteiger partial charge in [0.1, 0.15) is 18.1 Å². The number of aromatic hydroxyl groups is 1. The molecular formula is C32H35BrCl2K2O9. The average Bonchev–Trinajstić information content (AvgIpc) is 3.04. The number of hydrogen-bond donors (Lipinski definition) is 1. The molecule has 9 nitrogen and oxygen atoms in total. The fourth-order valence-corrected chi connectivity index (χ4v) is 3.93. The second-order valence-corrected chi connectivity index (χ2v) is 9.28. The van der Waals surface area contributed by atoms with Gasteiger partial charge >= 0.3 is 115 Å². The summed E-state index contributed by atoms with van der Waals surface area (Å²) >= 11 is 15.0. The zero-order valence-corrected chi connectivity index (χ0v) is 34.4. The van der Waals surface area contributed by atoms with Gasteiger partial charge in [-0.15, -0.1) is 0 Å². The molecule has 0 aromatic heterocycles. The molecular weight excluding hydrogens is 757 g/mol. The third-order valence-electron chi connectivity index (χ3n) is 5.02. The molecule has 0 bridgehead atoms. The molecule has 14 heteroatoms. The summed E-state index contributed by atoms with van der Waals surface area (Å²) in [4.78, 5) is 34.1. The molecule has 4 rings (SSSR count). The summed E-state index contributed by atoms with van der Waals surface area (Å²) in [6.45, 7) is 0.0784. The van der Waals surface area contributed by atoms with Crippen molar-refractivity contribution in [2.75, 3.05) is 14.2 Å². The Morgan fingerprint density at radius 2 is 1.24 bits per heavy atom. The molecule has 0 spiro atoms. The number of methoxy groups -OCH3 is 2. The van der Waals surface area contributed by atoms with Crippen molar-refractivity contribution >= 4 is 57.5 Å². The minimum atomic E-state index is -0.400. The third kappa shape index (κ3) is 20.5. The number of phenols is 1. The number of hydrogen-bond acceptors (Lipinski definition) is 9. The summed E-state index contributed by atoms with van der Waals surface area (Å²) in [5.41, 5.74) is 2.54. The van der Waals surface area contributed by atoms with Gasteiger partial charge < -0.3 is 30.9 Å². The Kier molecular flexibility index (Phi) is 32.6. The van der Waals surface area contributed by atoms with E-state index in [0.29, 0.717) is 37.8 Å². The molecule has 0 radical (unpaired) electrons. The van der Waals surface area contributed by atoms with Crippen LogP contribution in [-0.4, -0.2) is 37.7 Å². The predicted molar refractivity (Wildman–Crippen MR) is 174 cm³/mol. The van der Waals surface area contributed by atoms with Crippen LogP contribution in [0.15, 0.2) is 97.1 Å². The van der Waals surface area contributed by atoms with E-state index in [0.717, 1.165) is 11.3 Å². The number of esters is 2. The standard InChI is InChI=1S/C15H13ClO3.C9H8BrClO2.C6H6O.CH2O3.CH4.2K.H2.H/c1-18-15(17)14-8-7-12(16)9-11(14)10-19-13-5-3-2-4-6-13;1-13-9(12)8-3-2-7(11)4-6(8)5-10;7-6-4-2-1-3-5-6;2-1-4-3;;;;;/h2-9H,10H2,1H3;2-4H,5H2,1H3;1-5,7H;1,3H;1H4;;;1H;/q;;;;;2*+1;;-1/p-1/i;;;;;;;1+1;. The Hall–Kier alpha value is -0.817. The maximum Gasteiger partial charge on any atom is 1.00 e. The molecule has 0 aliphatic rings. The second kappa shape index (κ2) is 30.3. The Labute approximate surface area is 375 Å². The van der Waals surface area contributed by atoms with Crippen LogP contribution in [0.5, 0.6) is 11.5 Å². The largest absolute Gasteiger partial charge is 1.00 e. The predicted octanol–water partition coefficient (Wildman–Crippen LogP) is 1.56. The number of para-hydroxylation sites is 2. The van der Waals surface area contributed by atoms with E-state index in [9.17, 15) is 9.59 Å². The number of rotatable bonds is 7. The van der Waals surface area contributed by atoms with E-state index in [-0.39, 0.29) is 132 Å². The van der Waals surface area contributed by atoms with Gasteiger partial charge in [0.25, 0.3) is 6.47 Å². The van der Waals surface area contributed by atoms with Crippen molar-refractivity contribution in [3.05, 3.63) is 129 Å². The minimum Gasteiger partial charge on any atom is -1.00 e. The number of halogens is 3. The van der Waals surface area contributed by atoms with Gasteiger partial charge in [0.2, 0.25) is 0 Å². The van der Waals surface area contributed by atoms with Crippen molar-refractivity contribution in [1.82, 2.24) is 0 Å². The molecule has 46 heavy (non-hydrogen) atoms. The molecule has 0 amide bonds. The summed E-state index contributed by atoms with van der Waals surface area (Å²) in [6, 6.07) is 28.1. The third-order valence-corrected chi connectivity index (χ3v) is 6.10. The van der Waals surface area contributed by atoms with Gasteiger partial charge in [-0.2, -0.15) is 0 Å². The molecule has 240 valence electrons. The Bertz CT molecular complexity index is 1430. The maximum absolute atomic E-state index is 11.6. The van der Waals surface area contributed by atoms with E-state index in [4.69, 9.17) is 47.8 Å². The Balaban J connectivity index is -0.000000186. The molecule has 1 N–H and O–H groups in total. The molecule has 0 aliphatic heterocycles. The summed E-state index contributed by atoms with van der Waals surface area (Å²) < 4.78 is 15.0. The van der Waals surface area contributed by atoms with Crippen LogP contribution in [0.4, 0.5) is 0 Å². The van der Waals surface area contributed by atoms with Gasteiger partial charge in [-0.25, -0.2) is 9.59 Å². The smallest absolute Gasteiger partial charge is 1.00 e. The molecule has 4 aromatic carbocycles. The monoisotopic (exact) mass is 791 g/mol. The topological polar surface area (TPSA) is 131 Å². The van der Waals surface area contributed by atoms with E-state index in [2.05, 4.69) is 25.6 Å². The fraction of sp³-hybridized carbons (Fsp3) is 0.156. The van der Waals surface area contributed by atoms with E-state index in [1.54, 1.807) is 60.7 Å². The number of phenolic OH excluding ortho intramolecular Hbond substituents is 1. The first-order valence-electron chi connectivity index (χ1n) is 12.1. The van der Waals surface area contributed by atoms with E-state index in [1.165, 1.54) is 14.2 Å². The molecule has 0 saturated carbocycles. The number of benzene rings is 4. The van der Waals surface area contributed by atoms with Gasteiger partial charge in [-0.1, -0.05) is 83.0 Å². The van der Waals surface area contributed by atoms with Gasteiger partial charge in [0.05, 0.1) is 25.3 Å². The zero-order valence-electron chi connectivity index (χ0n) is 26.1. The van der Waals surface area contributed by atoms with Crippen LogP contribution in [-0.2, 0) is 31.1 Å². The first kappa shape index (κ1) is 49.6. The Morgan fingerprint density at radius 1 is 0.826 bits per heavy atom. The van der Waals surface area contributed by atoms with Crippen LogP contribution >= 0.6 is 39.1 Å². The van der Waals surface area contributed by atoms with Crippen LogP contribution in [0.2, 0.25) is 10.0 Å². The first-order valence-corrected chi connectivity index (χ1v) is 14.0. The first-order chi connectivity index (χ1) is 20.7. The van der Waals surface area contributed by atoms with Crippen molar-refractivity contribution in [2.24, 2.45) is 0 Å². The fourth-order valence-electron chi connectivity index (χ4n) is 3.08. The van der Waals surface area contributed by atoms with E-state index < -0.39 is 5.97 Å². The SMILES string of the molecule is C.COC(=O)c1ccc(Cl)cc1CBr.COC(=O)c1ccc(Cl)cc1COc1ccccc1.O=CO[O-].Oc1ccccc1.[2HH].[H-].[K+].[K+]. The number of carbonyl (C=O) groups excluding carboxylic acids is 3. The second-order valence-electron chi connectivity index (χ2n) is 7.85. The summed E-state index contributed by atoms with van der Waals surface area (Å²) in [6.07, 6.45) is 0. The molecule has 0 atom stereocenters. The normalized spacial score (nSPS) is 8.65. The molecule has 0 fully saturated rings. The van der Waals surface area contributed by atoms with Crippen molar-refractivity contribution in [1.29, 1.82) is 0 Å². The molecule has 0 saturated heterocycles. The van der Waals surface area contributed by atoms with E-state index in [1.807, 2.05) is 36.4 Å². The van der Waals surface area contributed by atoms with Gasteiger partial charge in [-0.05, 0) is 66.2 Å². The van der Waals surface area contributed by atoms with Crippen LogP contribution in [0, 0.1) is 0 Å². The molecule has 4 aromatic rings. The molecule has 0 unspecified atom stereocenters. The zero-order chi connectivity index (χ0) is 32.0. The average molecular weight is 794 g/mol. The van der Waals surface area contributed by atoms with E-state index >= 15 is 0 Å². The van der Waals surface area contributed by atoms with Crippen LogP contribution in [0.3, 0.4) is 0 Å². The van der Waals surface area contributed by atoms with Crippen LogP contribution in [0.1, 0.15) is 42.1 Å². The van der Waals surface area contributed by atoms with Crippen LogP contribution < -0.4 is 113 Å². The number of carbonyl (C=O) groups is 3. The van der Waals surface area contributed by atoms with Crippen molar-refractivity contribution in [3.8, 4) is 11.5 Å². The van der Waals surface area contributed by atoms with Gasteiger partial charge in [-0.3, -0.25) is 4.79 Å².